The van der Waals surface area contributed by atoms with Gasteiger partial charge in [0.2, 0.25) is 0 Å². The average Bonchev–Trinajstić information content (AvgIpc) is 2.49. The summed E-state index contributed by atoms with van der Waals surface area (Å²) in [6.07, 6.45) is 0.770. The molecule has 0 fully saturated rings. The van der Waals surface area contributed by atoms with E-state index in [4.69, 9.17) is 15.2 Å². The van der Waals surface area contributed by atoms with Crippen molar-refractivity contribution in [1.82, 2.24) is 0 Å². The molecule has 1 aromatic carbocycles. The Kier molecular flexibility index (Phi) is 4.82. The summed E-state index contributed by atoms with van der Waals surface area (Å²) in [6.45, 7) is 7.14. The lowest BCUT2D eigenvalue weighted by Gasteiger charge is -2.42. The molecule has 6 heteroatoms. The smallest absolute Gasteiger partial charge is 0.326 e. The zero-order chi connectivity index (χ0) is 17.2. The van der Waals surface area contributed by atoms with Gasteiger partial charge < -0.3 is 15.2 Å². The van der Waals surface area contributed by atoms with E-state index in [0.717, 1.165) is 0 Å². The molecule has 0 bridgehead atoms. The number of hydrogen-bond donors (Lipinski definition) is 1. The van der Waals surface area contributed by atoms with Gasteiger partial charge in [0.05, 0.1) is 11.8 Å². The highest BCUT2D eigenvalue weighted by Gasteiger charge is 2.47. The average molecular weight is 320 g/mol. The molecule has 0 saturated heterocycles. The van der Waals surface area contributed by atoms with Gasteiger partial charge in [-0.1, -0.05) is 19.9 Å². The molecule has 126 valence electrons. The van der Waals surface area contributed by atoms with Crippen molar-refractivity contribution >= 4 is 23.3 Å². The van der Waals surface area contributed by atoms with Crippen LogP contribution in [0, 0.1) is 0 Å². The van der Waals surface area contributed by atoms with Crippen LogP contribution in [0.3, 0.4) is 0 Å². The summed E-state index contributed by atoms with van der Waals surface area (Å²) in [6, 6.07) is 5.21. The molecular weight excluding hydrogens is 296 g/mol. The third-order valence-corrected chi connectivity index (χ3v) is 4.04. The first kappa shape index (κ1) is 17.1. The first-order chi connectivity index (χ1) is 10.8. The third-order valence-electron chi connectivity index (χ3n) is 4.04. The van der Waals surface area contributed by atoms with Crippen LogP contribution in [0.15, 0.2) is 18.2 Å². The van der Waals surface area contributed by atoms with E-state index in [2.05, 4.69) is 0 Å². The fourth-order valence-electron chi connectivity index (χ4n) is 2.79. The predicted molar refractivity (Wildman–Crippen MR) is 88.4 cm³/mol. The summed E-state index contributed by atoms with van der Waals surface area (Å²) < 4.78 is 11.2. The van der Waals surface area contributed by atoms with Crippen LogP contribution in [-0.4, -0.2) is 30.1 Å². The molecule has 1 aliphatic heterocycles. The third kappa shape index (κ3) is 3.11. The van der Waals surface area contributed by atoms with Gasteiger partial charge in [-0.15, -0.1) is 0 Å². The standard InChI is InChI=1S/C17H24N2O4/c1-5-17(6-2)16(21)19(10-14(20)22-11(3)4)15-12(18)8-7-9-13(15)23-17/h7-9,11H,5-6,10,18H2,1-4H3. The zero-order valence-corrected chi connectivity index (χ0v) is 14.1. The molecule has 1 aromatic rings. The highest BCUT2D eigenvalue weighted by Crippen LogP contribution is 2.43. The van der Waals surface area contributed by atoms with E-state index < -0.39 is 11.6 Å². The molecule has 0 aliphatic carbocycles. The first-order valence-corrected chi connectivity index (χ1v) is 7.93. The number of nitrogen functional groups attached to an aromatic ring is 1. The Morgan fingerprint density at radius 3 is 2.57 bits per heavy atom. The highest BCUT2D eigenvalue weighted by atomic mass is 16.5. The lowest BCUT2D eigenvalue weighted by molar-refractivity contribution is -0.148. The fraction of sp³-hybridized carbons (Fsp3) is 0.529. The van der Waals surface area contributed by atoms with Crippen molar-refractivity contribution in [2.45, 2.75) is 52.2 Å². The van der Waals surface area contributed by atoms with Crippen molar-refractivity contribution in [2.75, 3.05) is 17.2 Å². The molecule has 0 spiro atoms. The van der Waals surface area contributed by atoms with Crippen LogP contribution in [-0.2, 0) is 14.3 Å². The summed E-state index contributed by atoms with van der Waals surface area (Å²) in [5.41, 5.74) is 5.88. The maximum absolute atomic E-state index is 13.0. The molecule has 0 radical (unpaired) electrons. The van der Waals surface area contributed by atoms with Gasteiger partial charge >= 0.3 is 5.97 Å². The quantitative estimate of drug-likeness (QED) is 0.666. The SMILES string of the molecule is CCC1(CC)Oc2cccc(N)c2N(CC(=O)OC(C)C)C1=O. The number of para-hydroxylation sites is 1. The van der Waals surface area contributed by atoms with Crippen LogP contribution in [0.1, 0.15) is 40.5 Å². The van der Waals surface area contributed by atoms with Gasteiger partial charge in [-0.2, -0.15) is 0 Å². The molecule has 1 heterocycles. The number of amides is 1. The van der Waals surface area contributed by atoms with Gasteiger partial charge in [-0.05, 0) is 38.8 Å². The Hall–Kier alpha value is -2.24. The fourth-order valence-corrected chi connectivity index (χ4v) is 2.79. The molecule has 0 saturated carbocycles. The number of carbonyl (C=O) groups is 2. The first-order valence-electron chi connectivity index (χ1n) is 7.93. The van der Waals surface area contributed by atoms with Crippen molar-refractivity contribution in [3.63, 3.8) is 0 Å². The lowest BCUT2D eigenvalue weighted by atomic mass is 9.92. The van der Waals surface area contributed by atoms with E-state index >= 15 is 0 Å². The number of nitrogens with zero attached hydrogens (tertiary/aromatic N) is 1. The van der Waals surface area contributed by atoms with Gasteiger partial charge in [0, 0.05) is 0 Å². The number of esters is 1. The molecule has 2 rings (SSSR count). The number of anilines is 2. The van der Waals surface area contributed by atoms with Crippen molar-refractivity contribution in [3.05, 3.63) is 18.2 Å². The molecule has 1 aliphatic rings. The number of fused-ring (bicyclic) bond motifs is 1. The number of hydrogen-bond acceptors (Lipinski definition) is 5. The van der Waals surface area contributed by atoms with E-state index in [1.54, 1.807) is 32.0 Å². The van der Waals surface area contributed by atoms with Gasteiger partial charge in [0.25, 0.3) is 5.91 Å². The lowest BCUT2D eigenvalue weighted by Crippen LogP contribution is -2.57. The topological polar surface area (TPSA) is 81.9 Å². The predicted octanol–water partition coefficient (Wildman–Crippen LogP) is 2.50. The van der Waals surface area contributed by atoms with Crippen LogP contribution < -0.4 is 15.4 Å². The number of nitrogens with two attached hydrogens (primary N) is 1. The van der Waals surface area contributed by atoms with Crippen molar-refractivity contribution in [2.24, 2.45) is 0 Å². The van der Waals surface area contributed by atoms with Gasteiger partial charge in [-0.25, -0.2) is 0 Å². The number of benzene rings is 1. The summed E-state index contributed by atoms with van der Waals surface area (Å²) in [5, 5.41) is 0. The zero-order valence-electron chi connectivity index (χ0n) is 14.1. The molecule has 2 N–H and O–H groups in total. The molecule has 0 unspecified atom stereocenters. The second-order valence-electron chi connectivity index (χ2n) is 5.93. The normalized spacial score (nSPS) is 16.0. The van der Waals surface area contributed by atoms with Gasteiger partial charge in [0.1, 0.15) is 18.0 Å². The summed E-state index contributed by atoms with van der Waals surface area (Å²) in [5.74, 6) is -0.204. The van der Waals surface area contributed by atoms with E-state index in [9.17, 15) is 9.59 Å². The second kappa shape index (κ2) is 6.48. The summed E-state index contributed by atoms with van der Waals surface area (Å²) >= 11 is 0. The number of rotatable bonds is 5. The molecule has 0 aromatic heterocycles. The Balaban J connectivity index is 2.45. The van der Waals surface area contributed by atoms with Crippen molar-refractivity contribution < 1.29 is 19.1 Å². The number of carbonyl (C=O) groups excluding carboxylic acids is 2. The van der Waals surface area contributed by atoms with Crippen LogP contribution in [0.25, 0.3) is 0 Å². The van der Waals surface area contributed by atoms with Crippen LogP contribution in [0.2, 0.25) is 0 Å². The van der Waals surface area contributed by atoms with Crippen molar-refractivity contribution in [3.8, 4) is 5.75 Å². The van der Waals surface area contributed by atoms with Crippen LogP contribution in [0.4, 0.5) is 11.4 Å². The van der Waals surface area contributed by atoms with E-state index in [1.807, 2.05) is 13.8 Å². The van der Waals surface area contributed by atoms with Gasteiger partial charge in [-0.3, -0.25) is 14.5 Å². The Morgan fingerprint density at radius 1 is 1.35 bits per heavy atom. The second-order valence-corrected chi connectivity index (χ2v) is 5.93. The van der Waals surface area contributed by atoms with Crippen molar-refractivity contribution in [1.29, 1.82) is 0 Å². The van der Waals surface area contributed by atoms with E-state index in [0.29, 0.717) is 30.0 Å². The summed E-state index contributed by atoms with van der Waals surface area (Å²) in [4.78, 5) is 26.5. The van der Waals surface area contributed by atoms with Crippen LogP contribution in [0.5, 0.6) is 5.75 Å². The highest BCUT2D eigenvalue weighted by molar-refractivity contribution is 6.07. The minimum Gasteiger partial charge on any atom is -0.475 e. The largest absolute Gasteiger partial charge is 0.475 e. The Morgan fingerprint density at radius 2 is 2.00 bits per heavy atom. The minimum absolute atomic E-state index is 0.177. The van der Waals surface area contributed by atoms with Crippen LogP contribution >= 0.6 is 0 Å². The molecule has 23 heavy (non-hydrogen) atoms. The molecule has 0 atom stereocenters. The summed E-state index contributed by atoms with van der Waals surface area (Å²) in [7, 11) is 0. The monoisotopic (exact) mass is 320 g/mol. The Bertz CT molecular complexity index is 609. The van der Waals surface area contributed by atoms with Gasteiger partial charge in [0.15, 0.2) is 5.60 Å². The molecule has 6 nitrogen and oxygen atoms in total. The van der Waals surface area contributed by atoms with E-state index in [1.165, 1.54) is 4.90 Å². The Labute approximate surface area is 136 Å². The number of ether oxygens (including phenoxy) is 2. The molecule has 1 amide bonds. The maximum atomic E-state index is 13.0. The van der Waals surface area contributed by atoms with E-state index in [-0.39, 0.29) is 18.6 Å². The minimum atomic E-state index is -0.973. The molecular formula is C17H24N2O4. The maximum Gasteiger partial charge on any atom is 0.326 e.